The van der Waals surface area contributed by atoms with Crippen molar-refractivity contribution in [1.29, 1.82) is 0 Å². The molecule has 1 aromatic heterocycles. The fraction of sp³-hybridized carbons (Fsp3) is 0.120. The summed E-state index contributed by atoms with van der Waals surface area (Å²) >= 11 is 0. The highest BCUT2D eigenvalue weighted by atomic mass is 16.4. The fourth-order valence-corrected chi connectivity index (χ4v) is 2.95. The molecule has 3 aromatic carbocycles. The summed E-state index contributed by atoms with van der Waals surface area (Å²) in [4.78, 5) is 16.0. The summed E-state index contributed by atoms with van der Waals surface area (Å²) in [6.07, 6.45) is 0. The maximum absolute atomic E-state index is 11.4. The number of hydrogen-bond donors (Lipinski definition) is 2. The first kappa shape index (κ1) is 20.2. The Morgan fingerprint density at radius 2 is 1.48 bits per heavy atom. The van der Waals surface area contributed by atoms with Gasteiger partial charge < -0.3 is 10.8 Å². The third-order valence-corrected chi connectivity index (χ3v) is 4.65. The van der Waals surface area contributed by atoms with E-state index in [1.165, 1.54) is 11.1 Å². The van der Waals surface area contributed by atoms with E-state index >= 15 is 0 Å². The van der Waals surface area contributed by atoms with Crippen molar-refractivity contribution in [2.24, 2.45) is 5.73 Å². The van der Waals surface area contributed by atoms with E-state index in [4.69, 9.17) is 5.73 Å². The van der Waals surface area contributed by atoms with Gasteiger partial charge in [-0.2, -0.15) is 0 Å². The largest absolute Gasteiger partial charge is 0.478 e. The maximum atomic E-state index is 11.4. The lowest BCUT2D eigenvalue weighted by Crippen LogP contribution is -2.00. The summed E-state index contributed by atoms with van der Waals surface area (Å²) in [6.45, 7) is 4.72. The predicted molar refractivity (Wildman–Crippen MR) is 118 cm³/mol. The van der Waals surface area contributed by atoms with Gasteiger partial charge >= 0.3 is 5.97 Å². The van der Waals surface area contributed by atoms with Crippen LogP contribution in [0.2, 0.25) is 0 Å². The van der Waals surface area contributed by atoms with Crippen LogP contribution in [0.5, 0.6) is 0 Å². The number of nitrogens with zero attached hydrogens (tertiary/aromatic N) is 1. The number of carbonyl (C=O) groups is 1. The Morgan fingerprint density at radius 1 is 0.897 bits per heavy atom. The zero-order valence-electron chi connectivity index (χ0n) is 16.6. The Labute approximate surface area is 170 Å². The molecule has 0 radical (unpaired) electrons. The molecule has 0 spiro atoms. The number of pyridine rings is 1. The summed E-state index contributed by atoms with van der Waals surface area (Å²) < 4.78 is 0. The van der Waals surface area contributed by atoms with Crippen molar-refractivity contribution in [1.82, 2.24) is 4.98 Å². The number of aryl methyl sites for hydroxylation is 2. The number of para-hydroxylation sites is 1. The molecular weight excluding hydrogens is 360 g/mol. The molecule has 4 aromatic rings. The van der Waals surface area contributed by atoms with Crippen molar-refractivity contribution in [2.75, 3.05) is 0 Å². The lowest BCUT2D eigenvalue weighted by Gasteiger charge is -2.07. The molecule has 146 valence electrons. The van der Waals surface area contributed by atoms with Crippen molar-refractivity contribution in [3.8, 4) is 11.3 Å². The quantitative estimate of drug-likeness (QED) is 0.498. The Balaban J connectivity index is 0.000000224. The van der Waals surface area contributed by atoms with Crippen LogP contribution < -0.4 is 5.73 Å². The third-order valence-electron chi connectivity index (χ3n) is 4.65. The standard InChI is InChI=1S/C17H13NO2.C8H11N/c1-11-6-8-12(9-7-11)16-10-14(17(19)20)13-4-2-3-5-15(13)18-16;1-7-2-4-8(6-9)5-3-7/h2-10H,1H3,(H,19,20);2-5H,6,9H2,1H3. The smallest absolute Gasteiger partial charge is 0.336 e. The van der Waals surface area contributed by atoms with E-state index in [0.717, 1.165) is 11.1 Å². The van der Waals surface area contributed by atoms with E-state index < -0.39 is 5.97 Å². The Kier molecular flexibility index (Phi) is 6.37. The van der Waals surface area contributed by atoms with Crippen molar-refractivity contribution in [3.63, 3.8) is 0 Å². The topological polar surface area (TPSA) is 76.2 Å². The number of benzene rings is 3. The van der Waals surface area contributed by atoms with Gasteiger partial charge in [0.15, 0.2) is 0 Å². The Bertz CT molecular complexity index is 1120. The van der Waals surface area contributed by atoms with Crippen LogP contribution in [-0.4, -0.2) is 16.1 Å². The minimum Gasteiger partial charge on any atom is -0.478 e. The second-order valence-corrected chi connectivity index (χ2v) is 6.93. The molecule has 4 heteroatoms. The van der Waals surface area contributed by atoms with E-state index in [-0.39, 0.29) is 5.56 Å². The fourth-order valence-electron chi connectivity index (χ4n) is 2.95. The van der Waals surface area contributed by atoms with Gasteiger partial charge in [0.2, 0.25) is 0 Å². The van der Waals surface area contributed by atoms with Crippen molar-refractivity contribution in [3.05, 3.63) is 101 Å². The van der Waals surface area contributed by atoms with Crippen LogP contribution in [0.3, 0.4) is 0 Å². The lowest BCUT2D eigenvalue weighted by atomic mass is 10.0. The van der Waals surface area contributed by atoms with Crippen LogP contribution in [-0.2, 0) is 6.54 Å². The molecule has 0 atom stereocenters. The highest BCUT2D eigenvalue weighted by Gasteiger charge is 2.12. The number of aromatic carboxylic acids is 1. The molecule has 4 nitrogen and oxygen atoms in total. The lowest BCUT2D eigenvalue weighted by molar-refractivity contribution is 0.0699. The number of carboxylic acid groups (broad SMARTS) is 1. The van der Waals surface area contributed by atoms with Crippen LogP contribution >= 0.6 is 0 Å². The molecule has 0 aliphatic heterocycles. The van der Waals surface area contributed by atoms with Gasteiger partial charge in [-0.3, -0.25) is 0 Å². The van der Waals surface area contributed by atoms with Gasteiger partial charge in [-0.05, 0) is 31.5 Å². The Hall–Kier alpha value is -3.50. The molecule has 0 saturated carbocycles. The first-order valence-electron chi connectivity index (χ1n) is 9.43. The Morgan fingerprint density at radius 3 is 2.07 bits per heavy atom. The average Bonchev–Trinajstić information content (AvgIpc) is 2.74. The van der Waals surface area contributed by atoms with Crippen LogP contribution in [0.25, 0.3) is 22.2 Å². The van der Waals surface area contributed by atoms with Crippen LogP contribution in [0.4, 0.5) is 0 Å². The van der Waals surface area contributed by atoms with Crippen molar-refractivity contribution >= 4 is 16.9 Å². The summed E-state index contributed by atoms with van der Waals surface area (Å²) in [5.41, 5.74) is 11.6. The highest BCUT2D eigenvalue weighted by Crippen LogP contribution is 2.25. The van der Waals surface area contributed by atoms with E-state index in [1.54, 1.807) is 12.1 Å². The SMILES string of the molecule is Cc1ccc(-c2cc(C(=O)O)c3ccccc3n2)cc1.Cc1ccc(CN)cc1. The number of nitrogens with two attached hydrogens (primary N) is 1. The number of carboxylic acids is 1. The number of hydrogen-bond acceptors (Lipinski definition) is 3. The van der Waals surface area contributed by atoms with Gasteiger partial charge in [0.05, 0.1) is 16.8 Å². The maximum Gasteiger partial charge on any atom is 0.336 e. The molecule has 0 saturated heterocycles. The van der Waals surface area contributed by atoms with Crippen LogP contribution in [0, 0.1) is 13.8 Å². The second kappa shape index (κ2) is 9.13. The first-order chi connectivity index (χ1) is 14.0. The van der Waals surface area contributed by atoms with Crippen molar-refractivity contribution in [2.45, 2.75) is 20.4 Å². The van der Waals surface area contributed by atoms with E-state index in [1.807, 2.05) is 49.4 Å². The minimum absolute atomic E-state index is 0.283. The van der Waals surface area contributed by atoms with E-state index in [0.29, 0.717) is 23.1 Å². The molecule has 29 heavy (non-hydrogen) atoms. The highest BCUT2D eigenvalue weighted by molar-refractivity contribution is 6.03. The van der Waals surface area contributed by atoms with Gasteiger partial charge in [-0.25, -0.2) is 9.78 Å². The van der Waals surface area contributed by atoms with Gasteiger partial charge in [0, 0.05) is 17.5 Å². The summed E-state index contributed by atoms with van der Waals surface area (Å²) in [5, 5.41) is 10.0. The molecule has 0 aliphatic rings. The summed E-state index contributed by atoms with van der Waals surface area (Å²) in [6, 6.07) is 25.1. The number of aromatic nitrogens is 1. The van der Waals surface area contributed by atoms with E-state index in [9.17, 15) is 9.90 Å². The molecule has 0 bridgehead atoms. The molecule has 0 aliphatic carbocycles. The molecule has 0 fully saturated rings. The normalized spacial score (nSPS) is 10.3. The second-order valence-electron chi connectivity index (χ2n) is 6.93. The van der Waals surface area contributed by atoms with Crippen LogP contribution in [0.1, 0.15) is 27.0 Å². The van der Waals surface area contributed by atoms with Gasteiger partial charge in [0.1, 0.15) is 0 Å². The van der Waals surface area contributed by atoms with Crippen molar-refractivity contribution < 1.29 is 9.90 Å². The van der Waals surface area contributed by atoms with Gasteiger partial charge in [0.25, 0.3) is 0 Å². The monoisotopic (exact) mass is 384 g/mol. The minimum atomic E-state index is -0.933. The molecule has 1 heterocycles. The molecular formula is C25H24N2O2. The molecule has 3 N–H and O–H groups in total. The molecule has 4 rings (SSSR count). The van der Waals surface area contributed by atoms with E-state index in [2.05, 4.69) is 36.2 Å². The number of rotatable bonds is 3. The summed E-state index contributed by atoms with van der Waals surface area (Å²) in [7, 11) is 0. The molecule has 0 amide bonds. The number of fused-ring (bicyclic) bond motifs is 1. The van der Waals surface area contributed by atoms with Crippen LogP contribution in [0.15, 0.2) is 78.9 Å². The summed E-state index contributed by atoms with van der Waals surface area (Å²) in [5.74, 6) is -0.933. The third kappa shape index (κ3) is 5.06. The average molecular weight is 384 g/mol. The first-order valence-corrected chi connectivity index (χ1v) is 9.43. The molecule has 0 unspecified atom stereocenters. The van der Waals surface area contributed by atoms with Gasteiger partial charge in [-0.15, -0.1) is 0 Å². The zero-order valence-corrected chi connectivity index (χ0v) is 16.6. The van der Waals surface area contributed by atoms with Gasteiger partial charge in [-0.1, -0.05) is 77.9 Å². The zero-order chi connectivity index (χ0) is 20.8. The predicted octanol–water partition coefficient (Wildman–Crippen LogP) is 5.36.